The van der Waals surface area contributed by atoms with Crippen LogP contribution in [-0.4, -0.2) is 65.2 Å². The summed E-state index contributed by atoms with van der Waals surface area (Å²) in [6.07, 6.45) is 2.18. The van der Waals surface area contributed by atoms with Gasteiger partial charge in [0.2, 0.25) is 5.91 Å². The maximum absolute atomic E-state index is 13.1. The highest BCUT2D eigenvalue weighted by Crippen LogP contribution is 2.45. The number of amidine groups is 1. The number of rotatable bonds is 8. The summed E-state index contributed by atoms with van der Waals surface area (Å²) in [7, 11) is 1.52. The van der Waals surface area contributed by atoms with Gasteiger partial charge in [-0.25, -0.2) is 9.79 Å². The Labute approximate surface area is 201 Å². The molecule has 0 aromatic heterocycles. The van der Waals surface area contributed by atoms with Gasteiger partial charge in [-0.3, -0.25) is 14.9 Å². The first-order valence-corrected chi connectivity index (χ1v) is 11.9. The van der Waals surface area contributed by atoms with E-state index in [4.69, 9.17) is 9.47 Å². The number of likely N-dealkylation sites (tertiary alicyclic amines) is 1. The summed E-state index contributed by atoms with van der Waals surface area (Å²) in [5.74, 6) is -0.508. The van der Waals surface area contributed by atoms with E-state index in [2.05, 4.69) is 4.99 Å². The van der Waals surface area contributed by atoms with Crippen LogP contribution < -0.4 is 0 Å². The van der Waals surface area contributed by atoms with Crippen molar-refractivity contribution in [1.82, 2.24) is 9.80 Å². The lowest BCUT2D eigenvalue weighted by Crippen LogP contribution is -2.38. The van der Waals surface area contributed by atoms with Gasteiger partial charge in [-0.15, -0.1) is 0 Å². The second-order valence-corrected chi connectivity index (χ2v) is 8.97. The van der Waals surface area contributed by atoms with Crippen molar-refractivity contribution in [3.05, 3.63) is 62.3 Å². The molecule has 0 radical (unpaired) electrons. The molecule has 3 aliphatic rings. The lowest BCUT2D eigenvalue weighted by molar-refractivity contribution is -0.384. The van der Waals surface area contributed by atoms with Crippen LogP contribution in [-0.2, 0) is 19.1 Å². The molecule has 0 N–H and O–H groups in total. The number of carbonyl (C=O) groups is 2. The number of amides is 1. The molecule has 11 heteroatoms. The Hall–Kier alpha value is -3.18. The molecular weight excluding hydrogens is 460 g/mol. The summed E-state index contributed by atoms with van der Waals surface area (Å²) in [5.41, 5.74) is 2.19. The minimum Gasteiger partial charge on any atom is -0.460 e. The lowest BCUT2D eigenvalue weighted by Gasteiger charge is -2.36. The number of carbonyl (C=O) groups excluding carboxylic acids is 2. The average Bonchev–Trinajstić information content (AvgIpc) is 3.49. The molecule has 0 aliphatic carbocycles. The molecule has 10 nitrogen and oxygen atoms in total. The highest BCUT2D eigenvalue weighted by Gasteiger charge is 2.41. The van der Waals surface area contributed by atoms with Crippen LogP contribution in [0.5, 0.6) is 0 Å². The van der Waals surface area contributed by atoms with E-state index in [-0.39, 0.29) is 31.2 Å². The van der Waals surface area contributed by atoms with Crippen molar-refractivity contribution < 1.29 is 24.0 Å². The summed E-state index contributed by atoms with van der Waals surface area (Å²) < 4.78 is 10.4. The molecule has 1 amide bonds. The quantitative estimate of drug-likeness (QED) is 0.238. The van der Waals surface area contributed by atoms with Gasteiger partial charge in [0.15, 0.2) is 5.17 Å². The van der Waals surface area contributed by atoms with Gasteiger partial charge in [0.25, 0.3) is 5.69 Å². The molecule has 0 bridgehead atoms. The maximum Gasteiger partial charge on any atom is 0.338 e. The van der Waals surface area contributed by atoms with E-state index >= 15 is 0 Å². The zero-order valence-corrected chi connectivity index (χ0v) is 19.9. The second-order valence-electron chi connectivity index (χ2n) is 8.14. The fourth-order valence-electron chi connectivity index (χ4n) is 4.25. The molecule has 4 rings (SSSR count). The Bertz CT molecular complexity index is 1080. The molecule has 1 atom stereocenters. The van der Waals surface area contributed by atoms with Crippen molar-refractivity contribution >= 4 is 34.5 Å². The number of esters is 1. The third-order valence-electron chi connectivity index (χ3n) is 5.95. The molecule has 3 heterocycles. The van der Waals surface area contributed by atoms with Crippen molar-refractivity contribution in [3.8, 4) is 0 Å². The number of aliphatic imine (C=N–C) groups is 1. The van der Waals surface area contributed by atoms with Crippen LogP contribution in [0.15, 0.2) is 51.6 Å². The van der Waals surface area contributed by atoms with Crippen LogP contribution >= 0.6 is 11.8 Å². The van der Waals surface area contributed by atoms with Crippen molar-refractivity contribution in [3.63, 3.8) is 0 Å². The van der Waals surface area contributed by atoms with Gasteiger partial charge < -0.3 is 19.3 Å². The number of non-ortho nitro benzene ring substituents is 1. The Morgan fingerprint density at radius 3 is 2.56 bits per heavy atom. The molecule has 1 fully saturated rings. The Morgan fingerprint density at radius 1 is 1.21 bits per heavy atom. The van der Waals surface area contributed by atoms with E-state index in [0.717, 1.165) is 31.6 Å². The number of methoxy groups -OCH3 is 1. The standard InChI is InChI=1S/C23H26N4O6S/c1-15-20(22(29)33-12-11-32-2)21(16-5-7-17(8-6-16)27(30)31)26-18(14-34-23(26)24-15)13-19(28)25-9-3-4-10-25/h5-8,14,21H,3-4,9-13H2,1-2H3. The van der Waals surface area contributed by atoms with Gasteiger partial charge in [0, 0.05) is 38.0 Å². The number of fused-ring (bicyclic) bond motifs is 1. The normalized spacial score (nSPS) is 19.6. The summed E-state index contributed by atoms with van der Waals surface area (Å²) in [4.78, 5) is 45.1. The van der Waals surface area contributed by atoms with Crippen molar-refractivity contribution in [1.29, 1.82) is 0 Å². The predicted molar refractivity (Wildman–Crippen MR) is 127 cm³/mol. The number of nitro groups is 1. The average molecular weight is 487 g/mol. The van der Waals surface area contributed by atoms with Crippen LogP contribution in [0, 0.1) is 10.1 Å². The third kappa shape index (κ3) is 4.85. The minimum absolute atomic E-state index is 0.0311. The van der Waals surface area contributed by atoms with Crippen LogP contribution in [0.1, 0.15) is 37.8 Å². The molecule has 1 aromatic rings. The first-order valence-electron chi connectivity index (χ1n) is 11.0. The van der Waals surface area contributed by atoms with E-state index in [0.29, 0.717) is 22.0 Å². The minimum atomic E-state index is -0.629. The molecule has 1 aromatic carbocycles. The second kappa shape index (κ2) is 10.4. The van der Waals surface area contributed by atoms with E-state index in [9.17, 15) is 19.7 Å². The zero-order valence-electron chi connectivity index (χ0n) is 19.1. The SMILES string of the molecule is COCCOC(=O)C1=C(C)N=C2SC=C(CC(=O)N3CCCC3)N2C1c1ccc([N+](=O)[O-])cc1. The van der Waals surface area contributed by atoms with Gasteiger partial charge in [-0.05, 0) is 42.9 Å². The number of nitro benzene ring substituents is 1. The molecule has 3 aliphatic heterocycles. The van der Waals surface area contributed by atoms with Gasteiger partial charge in [-0.1, -0.05) is 11.8 Å². The molecule has 0 saturated carbocycles. The van der Waals surface area contributed by atoms with Crippen LogP contribution in [0.3, 0.4) is 0 Å². The molecule has 0 spiro atoms. The highest BCUT2D eigenvalue weighted by atomic mass is 32.2. The van der Waals surface area contributed by atoms with E-state index in [1.165, 1.54) is 31.0 Å². The summed E-state index contributed by atoms with van der Waals surface area (Å²) in [6, 6.07) is 5.45. The largest absolute Gasteiger partial charge is 0.460 e. The number of hydrogen-bond acceptors (Lipinski definition) is 9. The number of allylic oxidation sites excluding steroid dienone is 1. The lowest BCUT2D eigenvalue weighted by atomic mass is 9.93. The molecule has 180 valence electrons. The molecule has 34 heavy (non-hydrogen) atoms. The first kappa shape index (κ1) is 24.0. The Balaban J connectivity index is 1.69. The number of hydrogen-bond donors (Lipinski definition) is 0. The van der Waals surface area contributed by atoms with Gasteiger partial charge >= 0.3 is 5.97 Å². The van der Waals surface area contributed by atoms with E-state index in [1.807, 2.05) is 15.2 Å². The first-order chi connectivity index (χ1) is 16.4. The summed E-state index contributed by atoms with van der Waals surface area (Å²) in [6.45, 7) is 3.58. The summed E-state index contributed by atoms with van der Waals surface area (Å²) in [5, 5.41) is 13.7. The fraction of sp³-hybridized carbons (Fsp3) is 0.435. The number of nitrogens with zero attached hydrogens (tertiary/aromatic N) is 4. The van der Waals surface area contributed by atoms with Crippen LogP contribution in [0.2, 0.25) is 0 Å². The van der Waals surface area contributed by atoms with Crippen molar-refractivity contribution in [2.75, 3.05) is 33.4 Å². The molecule has 1 saturated heterocycles. The fourth-order valence-corrected chi connectivity index (χ4v) is 5.22. The number of thioether (sulfide) groups is 1. The maximum atomic E-state index is 13.1. The van der Waals surface area contributed by atoms with E-state index in [1.54, 1.807) is 19.1 Å². The van der Waals surface area contributed by atoms with Crippen LogP contribution in [0.25, 0.3) is 0 Å². The van der Waals surface area contributed by atoms with Crippen LogP contribution in [0.4, 0.5) is 5.69 Å². The van der Waals surface area contributed by atoms with Crippen molar-refractivity contribution in [2.45, 2.75) is 32.2 Å². The van der Waals surface area contributed by atoms with Gasteiger partial charge in [-0.2, -0.15) is 0 Å². The van der Waals surface area contributed by atoms with Gasteiger partial charge in [0.05, 0.1) is 35.3 Å². The monoisotopic (exact) mass is 486 g/mol. The smallest absolute Gasteiger partial charge is 0.338 e. The summed E-state index contributed by atoms with van der Waals surface area (Å²) >= 11 is 1.39. The molecule has 1 unspecified atom stereocenters. The Kier molecular flexibility index (Phi) is 7.32. The zero-order chi connectivity index (χ0) is 24.2. The Morgan fingerprint density at radius 2 is 1.91 bits per heavy atom. The number of ether oxygens (including phenoxy) is 2. The highest BCUT2D eigenvalue weighted by molar-refractivity contribution is 8.16. The van der Waals surface area contributed by atoms with E-state index < -0.39 is 16.9 Å². The topological polar surface area (TPSA) is 115 Å². The predicted octanol–water partition coefficient (Wildman–Crippen LogP) is 3.37. The third-order valence-corrected chi connectivity index (χ3v) is 6.84. The number of benzene rings is 1. The molecular formula is C23H26N4O6S. The van der Waals surface area contributed by atoms with Gasteiger partial charge in [0.1, 0.15) is 6.61 Å². The van der Waals surface area contributed by atoms with Crippen molar-refractivity contribution in [2.24, 2.45) is 4.99 Å².